The Kier molecular flexibility index (Phi) is 12.0. The second-order valence-corrected chi connectivity index (χ2v) is 8.07. The molecule has 0 heterocycles. The first-order valence-corrected chi connectivity index (χ1v) is 12.0. The number of hydrogen-bond donors (Lipinski definition) is 0. The molecule has 0 unspecified atom stereocenters. The van der Waals surface area contributed by atoms with Crippen LogP contribution in [-0.2, 0) is 4.79 Å². The minimum Gasteiger partial charge on any atom is -0.427 e. The molecule has 0 amide bonds. The minimum atomic E-state index is -0.191. The lowest BCUT2D eigenvalue weighted by molar-refractivity contribution is -0.134. The molecule has 0 aliphatic heterocycles. The molecule has 0 N–H and O–H groups in total. The van der Waals surface area contributed by atoms with E-state index in [2.05, 4.69) is 17.2 Å². The third-order valence-electron chi connectivity index (χ3n) is 5.34. The molecule has 0 saturated heterocycles. The molecule has 0 aliphatic rings. The maximum atomic E-state index is 12.0. The average molecular weight is 437 g/mol. The van der Waals surface area contributed by atoms with Crippen molar-refractivity contribution in [2.24, 2.45) is 10.2 Å². The highest BCUT2D eigenvalue weighted by Gasteiger charge is 2.05. The number of azo groups is 1. The largest absolute Gasteiger partial charge is 0.427 e. The Balaban J connectivity index is 1.67. The predicted molar refractivity (Wildman–Crippen MR) is 129 cm³/mol. The van der Waals surface area contributed by atoms with Crippen molar-refractivity contribution >= 4 is 23.1 Å². The standard InChI is InChI=1S/C27H36N2O3/c1-3-5-6-7-8-9-10-11-12-13-27(31)32-25-20-18-24(19-21-25)29-28-23-16-14-22(15-17-23)26(30)4-2/h14-21H,3-13H2,1-2H3. The van der Waals surface area contributed by atoms with Crippen LogP contribution in [0.3, 0.4) is 0 Å². The van der Waals surface area contributed by atoms with E-state index in [1.54, 1.807) is 48.5 Å². The SMILES string of the molecule is CCCCCCCCCCCC(=O)Oc1ccc(N=Nc2ccc(C(=O)CC)cc2)cc1. The highest BCUT2D eigenvalue weighted by Crippen LogP contribution is 2.22. The number of hydrogen-bond acceptors (Lipinski definition) is 5. The molecule has 0 bridgehead atoms. The zero-order valence-corrected chi connectivity index (χ0v) is 19.5. The fraction of sp³-hybridized carbons (Fsp3) is 0.481. The van der Waals surface area contributed by atoms with Gasteiger partial charge in [0.25, 0.3) is 0 Å². The van der Waals surface area contributed by atoms with Crippen LogP contribution in [0.5, 0.6) is 5.75 Å². The molecule has 2 rings (SSSR count). The molecule has 0 radical (unpaired) electrons. The third-order valence-corrected chi connectivity index (χ3v) is 5.34. The molecular weight excluding hydrogens is 400 g/mol. The van der Waals surface area contributed by atoms with Gasteiger partial charge in [-0.1, -0.05) is 65.2 Å². The summed E-state index contributed by atoms with van der Waals surface area (Å²) in [4.78, 5) is 23.7. The third kappa shape index (κ3) is 9.99. The lowest BCUT2D eigenvalue weighted by Crippen LogP contribution is -2.07. The Bertz CT molecular complexity index is 842. The maximum Gasteiger partial charge on any atom is 0.311 e. The van der Waals surface area contributed by atoms with Crippen LogP contribution >= 0.6 is 0 Å². The zero-order valence-electron chi connectivity index (χ0n) is 19.5. The first-order chi connectivity index (χ1) is 15.6. The summed E-state index contributed by atoms with van der Waals surface area (Å²) in [6, 6.07) is 14.0. The molecule has 0 spiro atoms. The van der Waals surface area contributed by atoms with Crippen LogP contribution in [0.25, 0.3) is 0 Å². The number of unbranched alkanes of at least 4 members (excludes halogenated alkanes) is 8. The van der Waals surface area contributed by atoms with Crippen LogP contribution in [-0.4, -0.2) is 11.8 Å². The minimum absolute atomic E-state index is 0.108. The summed E-state index contributed by atoms with van der Waals surface area (Å²) in [7, 11) is 0. The molecule has 0 fully saturated rings. The Morgan fingerprint density at radius 3 is 1.72 bits per heavy atom. The smallest absolute Gasteiger partial charge is 0.311 e. The Labute approximate surface area is 192 Å². The maximum absolute atomic E-state index is 12.0. The van der Waals surface area contributed by atoms with Crippen molar-refractivity contribution in [1.82, 2.24) is 0 Å². The Morgan fingerprint density at radius 2 is 1.19 bits per heavy atom. The van der Waals surface area contributed by atoms with E-state index >= 15 is 0 Å². The van der Waals surface area contributed by atoms with Crippen LogP contribution in [0, 0.1) is 0 Å². The first kappa shape index (κ1) is 25.4. The van der Waals surface area contributed by atoms with Gasteiger partial charge in [0.1, 0.15) is 5.75 Å². The number of rotatable bonds is 15. The summed E-state index contributed by atoms with van der Waals surface area (Å²) < 4.78 is 5.41. The highest BCUT2D eigenvalue weighted by molar-refractivity contribution is 5.96. The van der Waals surface area contributed by atoms with Crippen molar-refractivity contribution in [3.05, 3.63) is 54.1 Å². The first-order valence-electron chi connectivity index (χ1n) is 12.0. The number of ether oxygens (including phenoxy) is 1. The lowest BCUT2D eigenvalue weighted by atomic mass is 10.1. The molecule has 5 heteroatoms. The van der Waals surface area contributed by atoms with Gasteiger partial charge in [0.2, 0.25) is 0 Å². The van der Waals surface area contributed by atoms with E-state index in [0.717, 1.165) is 12.8 Å². The van der Waals surface area contributed by atoms with Crippen molar-refractivity contribution in [2.45, 2.75) is 84.5 Å². The van der Waals surface area contributed by atoms with Crippen LogP contribution in [0.4, 0.5) is 11.4 Å². The van der Waals surface area contributed by atoms with Gasteiger partial charge in [-0.3, -0.25) is 9.59 Å². The number of ketones is 1. The van der Waals surface area contributed by atoms with Gasteiger partial charge in [-0.25, -0.2) is 0 Å². The summed E-state index contributed by atoms with van der Waals surface area (Å²) in [5, 5.41) is 8.38. The van der Waals surface area contributed by atoms with E-state index in [0.29, 0.717) is 35.5 Å². The fourth-order valence-electron chi connectivity index (χ4n) is 3.38. The van der Waals surface area contributed by atoms with Crippen molar-refractivity contribution in [3.63, 3.8) is 0 Å². The lowest BCUT2D eigenvalue weighted by Gasteiger charge is -2.05. The summed E-state index contributed by atoms with van der Waals surface area (Å²) in [5.41, 5.74) is 2.02. The van der Waals surface area contributed by atoms with Gasteiger partial charge in [0.05, 0.1) is 11.4 Å². The number of carbonyl (C=O) groups is 2. The van der Waals surface area contributed by atoms with Crippen molar-refractivity contribution in [1.29, 1.82) is 0 Å². The van der Waals surface area contributed by atoms with E-state index < -0.39 is 0 Å². The number of carbonyl (C=O) groups excluding carboxylic acids is 2. The van der Waals surface area contributed by atoms with Crippen LogP contribution in [0.2, 0.25) is 0 Å². The molecule has 0 aromatic heterocycles. The van der Waals surface area contributed by atoms with E-state index in [-0.39, 0.29) is 11.8 Å². The Morgan fingerprint density at radius 1 is 0.688 bits per heavy atom. The summed E-state index contributed by atoms with van der Waals surface area (Å²) in [6.07, 6.45) is 11.9. The summed E-state index contributed by atoms with van der Waals surface area (Å²) >= 11 is 0. The number of esters is 1. The average Bonchev–Trinajstić information content (AvgIpc) is 2.82. The van der Waals surface area contributed by atoms with Crippen molar-refractivity contribution < 1.29 is 14.3 Å². The second kappa shape index (κ2) is 15.1. The van der Waals surface area contributed by atoms with Gasteiger partial charge in [-0.2, -0.15) is 10.2 Å². The van der Waals surface area contributed by atoms with Gasteiger partial charge in [0, 0.05) is 18.4 Å². The monoisotopic (exact) mass is 436 g/mol. The van der Waals surface area contributed by atoms with Crippen molar-refractivity contribution in [2.75, 3.05) is 0 Å². The number of benzene rings is 2. The second-order valence-electron chi connectivity index (χ2n) is 8.07. The molecule has 0 atom stereocenters. The number of nitrogens with zero attached hydrogens (tertiary/aromatic N) is 2. The van der Waals surface area contributed by atoms with Crippen LogP contribution in [0.1, 0.15) is 94.8 Å². The van der Waals surface area contributed by atoms with Gasteiger partial charge in [0.15, 0.2) is 5.78 Å². The van der Waals surface area contributed by atoms with Crippen LogP contribution in [0.15, 0.2) is 58.8 Å². The Hall–Kier alpha value is -2.82. The van der Waals surface area contributed by atoms with E-state index in [4.69, 9.17) is 4.74 Å². The molecule has 32 heavy (non-hydrogen) atoms. The molecule has 5 nitrogen and oxygen atoms in total. The quantitative estimate of drug-likeness (QED) is 0.0923. The van der Waals surface area contributed by atoms with Gasteiger partial charge >= 0.3 is 5.97 Å². The van der Waals surface area contributed by atoms with Gasteiger partial charge < -0.3 is 4.74 Å². The predicted octanol–water partition coefficient (Wildman–Crippen LogP) is 8.52. The molecular formula is C27H36N2O3. The molecule has 2 aromatic carbocycles. The normalized spacial score (nSPS) is 11.1. The van der Waals surface area contributed by atoms with Crippen LogP contribution < -0.4 is 4.74 Å². The van der Waals surface area contributed by atoms with E-state index in [1.807, 2.05) is 6.92 Å². The topological polar surface area (TPSA) is 68.1 Å². The summed E-state index contributed by atoms with van der Waals surface area (Å²) in [6.45, 7) is 4.08. The summed E-state index contributed by atoms with van der Waals surface area (Å²) in [5.74, 6) is 0.438. The highest BCUT2D eigenvalue weighted by atomic mass is 16.5. The molecule has 0 saturated carbocycles. The van der Waals surface area contributed by atoms with Crippen molar-refractivity contribution in [3.8, 4) is 5.75 Å². The zero-order chi connectivity index (χ0) is 23.0. The van der Waals surface area contributed by atoms with E-state index in [1.165, 1.54) is 44.9 Å². The number of Topliss-reactive ketones (excluding diaryl/α,β-unsaturated/α-hetero) is 1. The van der Waals surface area contributed by atoms with Gasteiger partial charge in [-0.15, -0.1) is 0 Å². The van der Waals surface area contributed by atoms with E-state index in [9.17, 15) is 9.59 Å². The fourth-order valence-corrected chi connectivity index (χ4v) is 3.38. The molecule has 0 aliphatic carbocycles. The van der Waals surface area contributed by atoms with Gasteiger partial charge in [-0.05, 0) is 55.0 Å². The molecule has 172 valence electrons. The molecule has 2 aromatic rings.